The van der Waals surface area contributed by atoms with Crippen molar-refractivity contribution in [3.05, 3.63) is 52.8 Å². The van der Waals surface area contributed by atoms with Gasteiger partial charge in [0.2, 0.25) is 5.52 Å². The van der Waals surface area contributed by atoms with Gasteiger partial charge in [0.15, 0.2) is 12.4 Å². The first kappa shape index (κ1) is 9.23. The van der Waals surface area contributed by atoms with Crippen molar-refractivity contribution >= 4 is 31.9 Å². The molecular weight excluding hydrogens is 224 g/mol. The lowest BCUT2D eigenvalue weighted by Crippen LogP contribution is -2.19. The van der Waals surface area contributed by atoms with Gasteiger partial charge >= 0.3 is 5.00 Å². The quantitative estimate of drug-likeness (QED) is 0.367. The highest BCUT2D eigenvalue weighted by molar-refractivity contribution is 7.22. The van der Waals surface area contributed by atoms with E-state index < -0.39 is 0 Å². The molecule has 0 radical (unpaired) electrons. The van der Waals surface area contributed by atoms with Gasteiger partial charge in [0, 0.05) is 24.3 Å². The molecule has 0 saturated heterocycles. The fourth-order valence-corrected chi connectivity index (χ4v) is 2.65. The predicted molar refractivity (Wildman–Crippen MR) is 61.6 cm³/mol. The van der Waals surface area contributed by atoms with E-state index in [4.69, 9.17) is 0 Å². The SMILES string of the molecule is O=[N+]([O-])c1cc2c(cc[n+]3ccccc23)s1. The second-order valence-electron chi connectivity index (χ2n) is 3.43. The monoisotopic (exact) mass is 231 g/mol. The molecule has 0 saturated carbocycles. The molecule has 78 valence electrons. The maximum absolute atomic E-state index is 10.7. The summed E-state index contributed by atoms with van der Waals surface area (Å²) in [6.07, 6.45) is 3.84. The summed E-state index contributed by atoms with van der Waals surface area (Å²) < 4.78 is 2.90. The Hall–Kier alpha value is -2.01. The molecule has 0 bridgehead atoms. The highest BCUT2D eigenvalue weighted by atomic mass is 32.1. The van der Waals surface area contributed by atoms with E-state index >= 15 is 0 Å². The molecule has 3 aromatic heterocycles. The van der Waals surface area contributed by atoms with Crippen LogP contribution in [0.1, 0.15) is 0 Å². The van der Waals surface area contributed by atoms with Crippen LogP contribution in [0.25, 0.3) is 15.6 Å². The van der Waals surface area contributed by atoms with Crippen LogP contribution in [0.4, 0.5) is 5.00 Å². The molecular formula is C11H7N2O2S+. The van der Waals surface area contributed by atoms with Gasteiger partial charge in [-0.1, -0.05) is 11.3 Å². The van der Waals surface area contributed by atoms with Gasteiger partial charge < -0.3 is 0 Å². The second-order valence-corrected chi connectivity index (χ2v) is 4.49. The molecule has 0 aliphatic rings. The Kier molecular flexibility index (Phi) is 1.87. The van der Waals surface area contributed by atoms with Crippen molar-refractivity contribution in [3.63, 3.8) is 0 Å². The Morgan fingerprint density at radius 2 is 2.12 bits per heavy atom. The van der Waals surface area contributed by atoms with Crippen LogP contribution in [0, 0.1) is 10.1 Å². The molecule has 0 unspecified atom stereocenters. The third-order valence-electron chi connectivity index (χ3n) is 2.48. The van der Waals surface area contributed by atoms with E-state index in [0.717, 1.165) is 15.6 Å². The summed E-state index contributed by atoms with van der Waals surface area (Å²) >= 11 is 1.21. The number of aromatic nitrogens is 1. The number of hydrogen-bond acceptors (Lipinski definition) is 3. The van der Waals surface area contributed by atoms with E-state index in [9.17, 15) is 10.1 Å². The van der Waals surface area contributed by atoms with Crippen LogP contribution in [-0.4, -0.2) is 4.92 Å². The van der Waals surface area contributed by atoms with E-state index in [1.54, 1.807) is 6.07 Å². The number of nitro groups is 1. The molecule has 0 aromatic carbocycles. The molecule has 0 amide bonds. The van der Waals surface area contributed by atoms with Crippen LogP contribution in [0.3, 0.4) is 0 Å². The third-order valence-corrected chi connectivity index (χ3v) is 3.53. The lowest BCUT2D eigenvalue weighted by molar-refractivity contribution is -0.510. The fraction of sp³-hybridized carbons (Fsp3) is 0. The summed E-state index contributed by atoms with van der Waals surface area (Å²) in [5, 5.41) is 11.8. The van der Waals surface area contributed by atoms with Gasteiger partial charge in [-0.3, -0.25) is 10.1 Å². The first-order chi connectivity index (χ1) is 7.75. The van der Waals surface area contributed by atoms with Crippen molar-refractivity contribution < 1.29 is 9.32 Å². The van der Waals surface area contributed by atoms with E-state index in [2.05, 4.69) is 0 Å². The zero-order valence-corrected chi connectivity index (χ0v) is 8.98. The van der Waals surface area contributed by atoms with Gasteiger partial charge in [-0.2, -0.15) is 4.40 Å². The molecule has 3 heterocycles. The third kappa shape index (κ3) is 1.25. The average Bonchev–Trinajstić information content (AvgIpc) is 2.73. The predicted octanol–water partition coefficient (Wildman–Crippen LogP) is 2.55. The van der Waals surface area contributed by atoms with Crippen LogP contribution in [0.15, 0.2) is 42.7 Å². The summed E-state index contributed by atoms with van der Waals surface area (Å²) in [7, 11) is 0. The number of pyridine rings is 2. The summed E-state index contributed by atoms with van der Waals surface area (Å²) in [5.74, 6) is 0. The van der Waals surface area contributed by atoms with Crippen LogP contribution < -0.4 is 4.40 Å². The van der Waals surface area contributed by atoms with Gasteiger partial charge in [0.1, 0.15) is 0 Å². The molecule has 0 N–H and O–H groups in total. The van der Waals surface area contributed by atoms with Crippen molar-refractivity contribution in [1.29, 1.82) is 0 Å². The molecule has 0 atom stereocenters. The minimum atomic E-state index is -0.343. The molecule has 3 rings (SSSR count). The van der Waals surface area contributed by atoms with E-state index in [1.165, 1.54) is 11.3 Å². The molecule has 4 nitrogen and oxygen atoms in total. The topological polar surface area (TPSA) is 47.2 Å². The maximum Gasteiger partial charge on any atom is 0.325 e. The average molecular weight is 231 g/mol. The zero-order valence-electron chi connectivity index (χ0n) is 8.16. The van der Waals surface area contributed by atoms with E-state index in [0.29, 0.717) is 0 Å². The molecule has 0 aliphatic heterocycles. The van der Waals surface area contributed by atoms with Crippen LogP contribution >= 0.6 is 11.3 Å². The van der Waals surface area contributed by atoms with Crippen molar-refractivity contribution in [2.45, 2.75) is 0 Å². The number of nitrogens with zero attached hydrogens (tertiary/aromatic N) is 2. The Bertz CT molecular complexity index is 705. The van der Waals surface area contributed by atoms with Gasteiger partial charge in [0.05, 0.1) is 15.0 Å². The Labute approximate surface area is 94.5 Å². The van der Waals surface area contributed by atoms with Gasteiger partial charge in [0.25, 0.3) is 0 Å². The minimum absolute atomic E-state index is 0.187. The molecule has 5 heteroatoms. The first-order valence-corrected chi connectivity index (χ1v) is 5.54. The van der Waals surface area contributed by atoms with Gasteiger partial charge in [-0.15, -0.1) is 0 Å². The summed E-state index contributed by atoms with van der Waals surface area (Å²) in [6, 6.07) is 9.35. The minimum Gasteiger partial charge on any atom is -0.258 e. The Balaban J connectivity index is 2.46. The number of rotatable bonds is 1. The molecule has 0 fully saturated rings. The lowest BCUT2D eigenvalue weighted by Gasteiger charge is -1.90. The smallest absolute Gasteiger partial charge is 0.258 e. The highest BCUT2D eigenvalue weighted by Crippen LogP contribution is 2.32. The molecule has 0 spiro atoms. The normalized spacial score (nSPS) is 11.0. The Morgan fingerprint density at radius 3 is 2.94 bits per heavy atom. The van der Waals surface area contributed by atoms with E-state index in [1.807, 2.05) is 41.1 Å². The molecule has 16 heavy (non-hydrogen) atoms. The first-order valence-electron chi connectivity index (χ1n) is 4.73. The second kappa shape index (κ2) is 3.24. The zero-order chi connectivity index (χ0) is 11.1. The van der Waals surface area contributed by atoms with Crippen molar-refractivity contribution in [3.8, 4) is 0 Å². The van der Waals surface area contributed by atoms with E-state index in [-0.39, 0.29) is 9.92 Å². The highest BCUT2D eigenvalue weighted by Gasteiger charge is 2.16. The van der Waals surface area contributed by atoms with Crippen LogP contribution in [-0.2, 0) is 0 Å². The lowest BCUT2D eigenvalue weighted by atomic mass is 10.2. The number of hydrogen-bond donors (Lipinski definition) is 0. The number of thiophene rings is 1. The van der Waals surface area contributed by atoms with Gasteiger partial charge in [-0.05, 0) is 6.07 Å². The van der Waals surface area contributed by atoms with Crippen molar-refractivity contribution in [2.24, 2.45) is 0 Å². The summed E-state index contributed by atoms with van der Waals surface area (Å²) in [4.78, 5) is 10.4. The standard InChI is InChI=1S/C11H7N2O2S/c14-13(15)11-7-8-9-3-1-2-5-12(9)6-4-10(8)16-11/h1-7H/q+1. The van der Waals surface area contributed by atoms with Crippen molar-refractivity contribution in [1.82, 2.24) is 0 Å². The van der Waals surface area contributed by atoms with Crippen LogP contribution in [0.2, 0.25) is 0 Å². The van der Waals surface area contributed by atoms with Gasteiger partial charge in [-0.25, -0.2) is 0 Å². The maximum atomic E-state index is 10.7. The molecule has 3 aromatic rings. The van der Waals surface area contributed by atoms with Crippen LogP contribution in [0.5, 0.6) is 0 Å². The summed E-state index contributed by atoms with van der Waals surface area (Å²) in [6.45, 7) is 0. The van der Waals surface area contributed by atoms with Crippen molar-refractivity contribution in [2.75, 3.05) is 0 Å². The molecule has 0 aliphatic carbocycles. The summed E-state index contributed by atoms with van der Waals surface area (Å²) in [5.41, 5.74) is 0.990. The Morgan fingerprint density at radius 1 is 1.25 bits per heavy atom. The largest absolute Gasteiger partial charge is 0.325 e. The number of fused-ring (bicyclic) bond motifs is 3. The fourth-order valence-electron chi connectivity index (χ4n) is 1.77.